The van der Waals surface area contributed by atoms with Crippen LogP contribution in [0.4, 0.5) is 57.1 Å². The summed E-state index contributed by atoms with van der Waals surface area (Å²) in [5.74, 6) is -42.0. The molecule has 1 atom stereocenters. The molecular formula is C13H11F13O2. The zero-order valence-electron chi connectivity index (χ0n) is 13.7. The van der Waals surface area contributed by atoms with Gasteiger partial charge in [-0.05, 0) is 6.92 Å². The first kappa shape index (κ1) is 26.3. The van der Waals surface area contributed by atoms with Crippen LogP contribution in [0.3, 0.4) is 0 Å². The predicted molar refractivity (Wildman–Crippen MR) is 65.7 cm³/mol. The molecule has 0 spiro atoms. The number of ether oxygens (including phenoxy) is 1. The number of carbonyl (C=O) groups is 1. The normalized spacial score (nSPS) is 16.0. The number of esters is 1. The Morgan fingerprint density at radius 3 is 1.46 bits per heavy atom. The van der Waals surface area contributed by atoms with E-state index < -0.39 is 59.9 Å². The van der Waals surface area contributed by atoms with Crippen LogP contribution in [0, 0.1) is 5.92 Å². The molecule has 0 rings (SSSR count). The first-order chi connectivity index (χ1) is 12.0. The van der Waals surface area contributed by atoms with Gasteiger partial charge in [0.1, 0.15) is 6.61 Å². The topological polar surface area (TPSA) is 26.3 Å². The number of alkyl halides is 13. The summed E-state index contributed by atoms with van der Waals surface area (Å²) in [4.78, 5) is 11.0. The second-order valence-electron chi connectivity index (χ2n) is 5.70. The zero-order chi connectivity index (χ0) is 23.1. The van der Waals surface area contributed by atoms with Gasteiger partial charge in [0.15, 0.2) is 0 Å². The fraction of sp³-hybridized carbons (Fsp3) is 0.769. The van der Waals surface area contributed by atoms with E-state index in [0.29, 0.717) is 0 Å². The van der Waals surface area contributed by atoms with E-state index in [1.165, 1.54) is 0 Å². The SMILES string of the molecule is C=C(C)C(=O)OCC(C)C(F)(F)C(F)(F)C(F)(F)C(F)(F)C(F)(F)C(F)(F)F. The molecule has 0 saturated heterocycles. The molecule has 0 heterocycles. The highest BCUT2D eigenvalue weighted by molar-refractivity contribution is 5.86. The average molecular weight is 446 g/mol. The third-order valence-corrected chi connectivity index (χ3v) is 3.39. The summed E-state index contributed by atoms with van der Waals surface area (Å²) in [7, 11) is 0. The quantitative estimate of drug-likeness (QED) is 0.281. The van der Waals surface area contributed by atoms with Crippen LogP contribution < -0.4 is 0 Å². The highest BCUT2D eigenvalue weighted by atomic mass is 19.4. The fourth-order valence-corrected chi connectivity index (χ4v) is 1.52. The van der Waals surface area contributed by atoms with Crippen LogP contribution >= 0.6 is 0 Å². The molecule has 0 amide bonds. The number of hydrogen-bond acceptors (Lipinski definition) is 2. The number of halogens is 13. The minimum absolute atomic E-state index is 0.0181. The van der Waals surface area contributed by atoms with Crippen LogP contribution in [0.5, 0.6) is 0 Å². The number of hydrogen-bond donors (Lipinski definition) is 0. The van der Waals surface area contributed by atoms with Gasteiger partial charge in [0, 0.05) is 5.57 Å². The Hall–Kier alpha value is -1.70. The van der Waals surface area contributed by atoms with Crippen LogP contribution in [0.15, 0.2) is 12.2 Å². The van der Waals surface area contributed by atoms with E-state index in [-0.39, 0.29) is 6.92 Å². The summed E-state index contributed by atoms with van der Waals surface area (Å²) < 4.78 is 172. The third kappa shape index (κ3) is 3.88. The molecule has 15 heteroatoms. The number of rotatable bonds is 8. The van der Waals surface area contributed by atoms with E-state index in [1.54, 1.807) is 0 Å². The lowest BCUT2D eigenvalue weighted by Crippen LogP contribution is -2.71. The summed E-state index contributed by atoms with van der Waals surface area (Å²) in [5.41, 5.74) is -0.469. The van der Waals surface area contributed by atoms with E-state index in [4.69, 9.17) is 0 Å². The monoisotopic (exact) mass is 446 g/mol. The van der Waals surface area contributed by atoms with Gasteiger partial charge in [0.2, 0.25) is 0 Å². The van der Waals surface area contributed by atoms with Crippen LogP contribution in [0.2, 0.25) is 0 Å². The van der Waals surface area contributed by atoms with Gasteiger partial charge in [-0.1, -0.05) is 13.5 Å². The van der Waals surface area contributed by atoms with Crippen molar-refractivity contribution in [1.29, 1.82) is 0 Å². The summed E-state index contributed by atoms with van der Waals surface area (Å²) in [6.07, 6.45) is -7.46. The van der Waals surface area contributed by atoms with Crippen LogP contribution in [0.25, 0.3) is 0 Å². The zero-order valence-corrected chi connectivity index (χ0v) is 13.7. The molecule has 0 bridgehead atoms. The lowest BCUT2D eigenvalue weighted by molar-refractivity contribution is -0.443. The van der Waals surface area contributed by atoms with Gasteiger partial charge in [-0.15, -0.1) is 0 Å². The average Bonchev–Trinajstić information content (AvgIpc) is 2.49. The molecule has 0 aliphatic carbocycles. The van der Waals surface area contributed by atoms with Gasteiger partial charge in [-0.2, -0.15) is 57.1 Å². The lowest BCUT2D eigenvalue weighted by Gasteiger charge is -2.41. The van der Waals surface area contributed by atoms with Gasteiger partial charge in [0.05, 0.1) is 5.92 Å². The minimum atomic E-state index is -7.96. The third-order valence-electron chi connectivity index (χ3n) is 3.39. The molecule has 28 heavy (non-hydrogen) atoms. The molecule has 0 fully saturated rings. The standard InChI is InChI=1S/C13H11F13O2/c1-5(2)7(27)28-4-6(3)8(14,15)9(16,17)10(18,19)11(20,21)12(22,23)13(24,25)26/h6H,1,4H2,2-3H3. The summed E-state index contributed by atoms with van der Waals surface area (Å²) >= 11 is 0. The molecule has 0 aromatic rings. The van der Waals surface area contributed by atoms with E-state index in [9.17, 15) is 61.9 Å². The molecule has 0 saturated carbocycles. The van der Waals surface area contributed by atoms with Crippen molar-refractivity contribution in [3.63, 3.8) is 0 Å². The minimum Gasteiger partial charge on any atom is -0.462 e. The summed E-state index contributed by atoms with van der Waals surface area (Å²) in [6.45, 7) is 2.08. The molecule has 0 N–H and O–H groups in total. The van der Waals surface area contributed by atoms with Crippen molar-refractivity contribution in [1.82, 2.24) is 0 Å². The first-order valence-corrected chi connectivity index (χ1v) is 6.78. The van der Waals surface area contributed by atoms with Crippen LogP contribution in [-0.4, -0.2) is 48.4 Å². The van der Waals surface area contributed by atoms with Gasteiger partial charge < -0.3 is 4.74 Å². The predicted octanol–water partition coefficient (Wildman–Crippen LogP) is 5.48. The van der Waals surface area contributed by atoms with Crippen molar-refractivity contribution < 1.29 is 66.6 Å². The Kier molecular flexibility index (Phi) is 6.84. The van der Waals surface area contributed by atoms with Gasteiger partial charge >= 0.3 is 41.8 Å². The van der Waals surface area contributed by atoms with E-state index >= 15 is 0 Å². The van der Waals surface area contributed by atoms with Crippen molar-refractivity contribution in [2.45, 2.75) is 49.6 Å². The van der Waals surface area contributed by atoms with Gasteiger partial charge in [-0.25, -0.2) is 4.79 Å². The van der Waals surface area contributed by atoms with Crippen LogP contribution in [-0.2, 0) is 9.53 Å². The van der Waals surface area contributed by atoms with Crippen molar-refractivity contribution in [2.24, 2.45) is 5.92 Å². The maximum Gasteiger partial charge on any atom is 0.460 e. The highest BCUT2D eigenvalue weighted by Crippen LogP contribution is 2.61. The molecule has 2 nitrogen and oxygen atoms in total. The fourth-order valence-electron chi connectivity index (χ4n) is 1.52. The maximum atomic E-state index is 13.7. The van der Waals surface area contributed by atoms with Gasteiger partial charge in [-0.3, -0.25) is 0 Å². The maximum absolute atomic E-state index is 13.7. The largest absolute Gasteiger partial charge is 0.462 e. The second-order valence-corrected chi connectivity index (χ2v) is 5.70. The Morgan fingerprint density at radius 2 is 1.14 bits per heavy atom. The van der Waals surface area contributed by atoms with Gasteiger partial charge in [0.25, 0.3) is 0 Å². The molecule has 0 aliphatic rings. The Morgan fingerprint density at radius 1 is 0.786 bits per heavy atom. The highest BCUT2D eigenvalue weighted by Gasteiger charge is 2.91. The molecular weight excluding hydrogens is 435 g/mol. The number of carbonyl (C=O) groups excluding carboxylic acids is 1. The molecule has 0 aromatic heterocycles. The summed E-state index contributed by atoms with van der Waals surface area (Å²) in [6, 6.07) is 0. The van der Waals surface area contributed by atoms with Crippen molar-refractivity contribution in [2.75, 3.05) is 6.61 Å². The van der Waals surface area contributed by atoms with E-state index in [1.807, 2.05) is 0 Å². The lowest BCUT2D eigenvalue weighted by atomic mass is 9.88. The van der Waals surface area contributed by atoms with Crippen molar-refractivity contribution in [3.05, 3.63) is 12.2 Å². The van der Waals surface area contributed by atoms with Crippen molar-refractivity contribution in [3.8, 4) is 0 Å². The molecule has 0 radical (unpaired) electrons. The molecule has 1 unspecified atom stereocenters. The Bertz CT molecular complexity index is 606. The second kappa shape index (κ2) is 7.28. The van der Waals surface area contributed by atoms with Crippen molar-refractivity contribution >= 4 is 5.97 Å². The first-order valence-electron chi connectivity index (χ1n) is 6.78. The van der Waals surface area contributed by atoms with Crippen LogP contribution in [0.1, 0.15) is 13.8 Å². The Labute approximate surface area is 148 Å². The smallest absolute Gasteiger partial charge is 0.460 e. The van der Waals surface area contributed by atoms with E-state index in [2.05, 4.69) is 11.3 Å². The summed E-state index contributed by atoms with van der Waals surface area (Å²) in [5, 5.41) is 0. The molecule has 0 aromatic carbocycles. The molecule has 0 aliphatic heterocycles. The van der Waals surface area contributed by atoms with E-state index in [0.717, 1.165) is 6.92 Å². The Balaban J connectivity index is 6.04. The molecule has 166 valence electrons.